The third-order valence-electron chi connectivity index (χ3n) is 2.41. The van der Waals surface area contributed by atoms with Crippen molar-refractivity contribution < 1.29 is 27.5 Å². The summed E-state index contributed by atoms with van der Waals surface area (Å²) in [6.07, 6.45) is -4.97. The Morgan fingerprint density at radius 3 is 2.32 bits per heavy atom. The lowest BCUT2D eigenvalue weighted by Crippen LogP contribution is -2.40. The molecule has 0 aromatic heterocycles. The highest BCUT2D eigenvalue weighted by molar-refractivity contribution is 5.83. The maximum atomic E-state index is 12.1. The Morgan fingerprint density at radius 2 is 1.84 bits per heavy atom. The van der Waals surface area contributed by atoms with E-state index in [1.807, 2.05) is 0 Å². The van der Waals surface area contributed by atoms with Crippen molar-refractivity contribution in [1.29, 1.82) is 0 Å². The smallest absolute Gasteiger partial charge is 0.468 e. The molecule has 1 rings (SSSR count). The minimum atomic E-state index is -4.97. The van der Waals surface area contributed by atoms with Crippen LogP contribution in [0.2, 0.25) is 0 Å². The number of benzene rings is 1. The molecule has 1 N–H and O–H groups in total. The molecule has 0 unspecified atom stereocenters. The first-order chi connectivity index (χ1) is 8.86. The molecule has 7 heteroatoms. The van der Waals surface area contributed by atoms with Gasteiger partial charge in [0.25, 0.3) is 0 Å². The number of methoxy groups -OCH3 is 1. The monoisotopic (exact) mass is 275 g/mol. The molecule has 0 radical (unpaired) electrons. The van der Waals surface area contributed by atoms with Gasteiger partial charge in [-0.05, 0) is 5.56 Å². The quantitative estimate of drug-likeness (QED) is 0.850. The number of ether oxygens (including phenoxy) is 1. The molecule has 19 heavy (non-hydrogen) atoms. The van der Waals surface area contributed by atoms with Gasteiger partial charge in [-0.3, -0.25) is 9.59 Å². The first-order valence-corrected chi connectivity index (χ1v) is 5.34. The van der Waals surface area contributed by atoms with Crippen LogP contribution in [0.25, 0.3) is 0 Å². The fraction of sp³-hybridized carbons (Fsp3) is 0.333. The largest absolute Gasteiger partial charge is 0.471 e. The van der Waals surface area contributed by atoms with Crippen LogP contribution in [0.3, 0.4) is 0 Å². The van der Waals surface area contributed by atoms with Crippen LogP contribution in [-0.4, -0.2) is 31.7 Å². The van der Waals surface area contributed by atoms with Gasteiger partial charge in [-0.2, -0.15) is 13.2 Å². The average molecular weight is 275 g/mol. The second-order valence-electron chi connectivity index (χ2n) is 3.69. The molecule has 0 aliphatic carbocycles. The van der Waals surface area contributed by atoms with Crippen molar-refractivity contribution in [3.63, 3.8) is 0 Å². The van der Waals surface area contributed by atoms with E-state index in [4.69, 9.17) is 0 Å². The van der Waals surface area contributed by atoms with Gasteiger partial charge in [0.15, 0.2) is 0 Å². The maximum Gasteiger partial charge on any atom is 0.471 e. The molecule has 4 nitrogen and oxygen atoms in total. The van der Waals surface area contributed by atoms with Crippen LogP contribution in [0.4, 0.5) is 13.2 Å². The van der Waals surface area contributed by atoms with Crippen molar-refractivity contribution in [2.24, 2.45) is 0 Å². The van der Waals surface area contributed by atoms with Gasteiger partial charge in [0.1, 0.15) is 0 Å². The third kappa shape index (κ3) is 4.27. The fourth-order valence-electron chi connectivity index (χ4n) is 1.46. The summed E-state index contributed by atoms with van der Waals surface area (Å²) in [6, 6.07) is 8.11. The van der Waals surface area contributed by atoms with E-state index in [1.54, 1.807) is 35.6 Å². The van der Waals surface area contributed by atoms with Crippen LogP contribution in [0.5, 0.6) is 0 Å². The van der Waals surface area contributed by atoms with Crippen LogP contribution >= 0.6 is 0 Å². The molecule has 1 aromatic carbocycles. The predicted molar refractivity (Wildman–Crippen MR) is 60.3 cm³/mol. The van der Waals surface area contributed by atoms with E-state index in [-0.39, 0.29) is 0 Å². The summed E-state index contributed by atoms with van der Waals surface area (Å²) in [6.45, 7) is -0.477. The molecule has 0 heterocycles. The van der Waals surface area contributed by atoms with Gasteiger partial charge in [0, 0.05) is 6.54 Å². The molecule has 0 aliphatic rings. The first-order valence-electron chi connectivity index (χ1n) is 5.34. The Bertz CT molecular complexity index is 445. The SMILES string of the molecule is COC(=O)[C@H](CNC(=O)C(F)(F)F)c1ccccc1. The van der Waals surface area contributed by atoms with Crippen LogP contribution in [-0.2, 0) is 14.3 Å². The molecule has 0 saturated carbocycles. The summed E-state index contributed by atoms with van der Waals surface area (Å²) in [7, 11) is 1.13. The number of hydrogen-bond acceptors (Lipinski definition) is 3. The number of alkyl halides is 3. The lowest BCUT2D eigenvalue weighted by Gasteiger charge is -2.16. The van der Waals surface area contributed by atoms with E-state index >= 15 is 0 Å². The molecule has 0 aliphatic heterocycles. The van der Waals surface area contributed by atoms with Crippen molar-refractivity contribution in [3.05, 3.63) is 35.9 Å². The summed E-state index contributed by atoms with van der Waals surface area (Å²) in [5, 5.41) is 1.67. The third-order valence-corrected chi connectivity index (χ3v) is 2.41. The van der Waals surface area contributed by atoms with Crippen LogP contribution in [0.1, 0.15) is 11.5 Å². The number of hydrogen-bond donors (Lipinski definition) is 1. The first kappa shape index (κ1) is 15.0. The minimum absolute atomic E-state index is 0.469. The molecule has 0 fully saturated rings. The number of amides is 1. The van der Waals surface area contributed by atoms with Crippen molar-refractivity contribution >= 4 is 11.9 Å². The van der Waals surface area contributed by atoms with E-state index in [1.165, 1.54) is 0 Å². The second kappa shape index (κ2) is 6.21. The number of carbonyl (C=O) groups excluding carboxylic acids is 2. The second-order valence-corrected chi connectivity index (χ2v) is 3.69. The average Bonchev–Trinajstić information content (AvgIpc) is 2.38. The van der Waals surface area contributed by atoms with E-state index in [2.05, 4.69) is 4.74 Å². The summed E-state index contributed by atoms with van der Waals surface area (Å²) in [5.41, 5.74) is 0.469. The number of nitrogens with one attached hydrogen (secondary N) is 1. The van der Waals surface area contributed by atoms with Crippen molar-refractivity contribution in [3.8, 4) is 0 Å². The molecule has 1 atom stereocenters. The van der Waals surface area contributed by atoms with Crippen molar-refractivity contribution in [1.82, 2.24) is 5.32 Å². The summed E-state index contributed by atoms with van der Waals surface area (Å²) < 4.78 is 40.7. The van der Waals surface area contributed by atoms with E-state index < -0.39 is 30.5 Å². The Kier molecular flexibility index (Phi) is 4.91. The fourth-order valence-corrected chi connectivity index (χ4v) is 1.46. The van der Waals surface area contributed by atoms with Crippen LogP contribution in [0, 0.1) is 0 Å². The zero-order valence-corrected chi connectivity index (χ0v) is 10.0. The van der Waals surface area contributed by atoms with Gasteiger partial charge >= 0.3 is 18.1 Å². The van der Waals surface area contributed by atoms with Crippen molar-refractivity contribution in [2.45, 2.75) is 12.1 Å². The summed E-state index contributed by atoms with van der Waals surface area (Å²) in [5.74, 6) is -3.77. The van der Waals surface area contributed by atoms with Crippen molar-refractivity contribution in [2.75, 3.05) is 13.7 Å². The van der Waals surface area contributed by atoms with E-state index in [0.29, 0.717) is 5.56 Å². The molecule has 0 bridgehead atoms. The maximum absolute atomic E-state index is 12.1. The highest BCUT2D eigenvalue weighted by Gasteiger charge is 2.39. The van der Waals surface area contributed by atoms with Gasteiger partial charge in [-0.15, -0.1) is 0 Å². The van der Waals surface area contributed by atoms with Crippen LogP contribution < -0.4 is 5.32 Å². The molecular weight excluding hydrogens is 263 g/mol. The van der Waals surface area contributed by atoms with Crippen LogP contribution in [0.15, 0.2) is 30.3 Å². The van der Waals surface area contributed by atoms with Gasteiger partial charge in [-0.1, -0.05) is 30.3 Å². The molecule has 1 amide bonds. The Balaban J connectivity index is 2.78. The van der Waals surface area contributed by atoms with Gasteiger partial charge in [0.05, 0.1) is 13.0 Å². The number of halogens is 3. The summed E-state index contributed by atoms with van der Waals surface area (Å²) in [4.78, 5) is 22.2. The molecule has 0 saturated heterocycles. The van der Waals surface area contributed by atoms with Gasteiger partial charge < -0.3 is 10.1 Å². The Hall–Kier alpha value is -2.05. The molecule has 104 valence electrons. The molecule has 0 spiro atoms. The highest BCUT2D eigenvalue weighted by Crippen LogP contribution is 2.18. The Labute approximate surface area is 107 Å². The molecular formula is C12H12F3NO3. The summed E-state index contributed by atoms with van der Waals surface area (Å²) >= 11 is 0. The zero-order valence-electron chi connectivity index (χ0n) is 10.0. The molecule has 1 aromatic rings. The minimum Gasteiger partial charge on any atom is -0.468 e. The normalized spacial score (nSPS) is 12.6. The Morgan fingerprint density at radius 1 is 1.26 bits per heavy atom. The number of esters is 1. The van der Waals surface area contributed by atoms with Gasteiger partial charge in [0.2, 0.25) is 0 Å². The predicted octanol–water partition coefficient (Wildman–Crippen LogP) is 1.62. The van der Waals surface area contributed by atoms with Gasteiger partial charge in [-0.25, -0.2) is 0 Å². The van der Waals surface area contributed by atoms with E-state index in [9.17, 15) is 22.8 Å². The van der Waals surface area contributed by atoms with E-state index in [0.717, 1.165) is 7.11 Å². The number of rotatable bonds is 4. The highest BCUT2D eigenvalue weighted by atomic mass is 19.4. The zero-order chi connectivity index (χ0) is 14.5. The number of carbonyl (C=O) groups is 2. The standard InChI is InChI=1S/C12H12F3NO3/c1-19-10(17)9(8-5-3-2-4-6-8)7-16-11(18)12(13,14)15/h2-6,9H,7H2,1H3,(H,16,18)/t9-/m1/s1. The topological polar surface area (TPSA) is 55.4 Å². The lowest BCUT2D eigenvalue weighted by molar-refractivity contribution is -0.173. The lowest BCUT2D eigenvalue weighted by atomic mass is 9.99.